The van der Waals surface area contributed by atoms with Crippen molar-refractivity contribution in [2.45, 2.75) is 51.5 Å². The molecule has 1 aliphatic carbocycles. The van der Waals surface area contributed by atoms with Gasteiger partial charge < -0.3 is 5.32 Å². The van der Waals surface area contributed by atoms with E-state index in [1.807, 2.05) is 0 Å². The lowest BCUT2D eigenvalue weighted by Gasteiger charge is -2.26. The lowest BCUT2D eigenvalue weighted by atomic mass is 9.86. The van der Waals surface area contributed by atoms with E-state index < -0.39 is 0 Å². The molecule has 21 heavy (non-hydrogen) atoms. The van der Waals surface area contributed by atoms with Crippen molar-refractivity contribution >= 4 is 10.8 Å². The third kappa shape index (κ3) is 3.47. The van der Waals surface area contributed by atoms with Crippen LogP contribution in [-0.2, 0) is 6.42 Å². The van der Waals surface area contributed by atoms with E-state index in [1.165, 1.54) is 54.9 Å². The summed E-state index contributed by atoms with van der Waals surface area (Å²) in [4.78, 5) is 0. The number of benzene rings is 2. The molecule has 2 atom stereocenters. The molecule has 2 unspecified atom stereocenters. The molecule has 1 heteroatoms. The molecule has 2 aromatic rings. The fourth-order valence-corrected chi connectivity index (χ4v) is 3.91. The SMILES string of the molecule is CCNC1CCCCCC1Cc1cccc2ccccc12. The summed E-state index contributed by atoms with van der Waals surface area (Å²) in [6.45, 7) is 3.33. The van der Waals surface area contributed by atoms with Crippen LogP contribution in [0.2, 0.25) is 0 Å². The fraction of sp³-hybridized carbons (Fsp3) is 0.500. The molecule has 0 aromatic heterocycles. The number of fused-ring (bicyclic) bond motifs is 1. The van der Waals surface area contributed by atoms with Gasteiger partial charge in [-0.05, 0) is 48.1 Å². The first-order chi connectivity index (χ1) is 10.4. The summed E-state index contributed by atoms with van der Waals surface area (Å²) in [7, 11) is 0. The highest BCUT2D eigenvalue weighted by Gasteiger charge is 2.23. The van der Waals surface area contributed by atoms with Crippen molar-refractivity contribution in [1.29, 1.82) is 0 Å². The average Bonchev–Trinajstić information content (AvgIpc) is 2.74. The molecule has 0 heterocycles. The number of hydrogen-bond acceptors (Lipinski definition) is 1. The van der Waals surface area contributed by atoms with Crippen LogP contribution in [0.15, 0.2) is 42.5 Å². The summed E-state index contributed by atoms with van der Waals surface area (Å²) in [5, 5.41) is 6.57. The van der Waals surface area contributed by atoms with Crippen LogP contribution in [0, 0.1) is 5.92 Å². The van der Waals surface area contributed by atoms with Crippen LogP contribution in [0.5, 0.6) is 0 Å². The molecule has 1 fully saturated rings. The lowest BCUT2D eigenvalue weighted by Crippen LogP contribution is -2.36. The highest BCUT2D eigenvalue weighted by molar-refractivity contribution is 5.85. The van der Waals surface area contributed by atoms with Crippen LogP contribution >= 0.6 is 0 Å². The minimum Gasteiger partial charge on any atom is -0.314 e. The highest BCUT2D eigenvalue weighted by Crippen LogP contribution is 2.29. The Kier molecular flexibility index (Phi) is 4.92. The second-order valence-electron chi connectivity index (χ2n) is 6.40. The largest absolute Gasteiger partial charge is 0.314 e. The normalized spacial score (nSPS) is 23.1. The zero-order valence-corrected chi connectivity index (χ0v) is 13.1. The maximum Gasteiger partial charge on any atom is 0.00983 e. The molecule has 1 N–H and O–H groups in total. The molecule has 0 aliphatic heterocycles. The topological polar surface area (TPSA) is 12.0 Å². The number of nitrogens with one attached hydrogen (secondary N) is 1. The van der Waals surface area contributed by atoms with E-state index in [2.05, 4.69) is 54.7 Å². The maximum atomic E-state index is 3.74. The first-order valence-corrected chi connectivity index (χ1v) is 8.58. The second-order valence-corrected chi connectivity index (χ2v) is 6.40. The Bertz CT molecular complexity index is 570. The highest BCUT2D eigenvalue weighted by atomic mass is 14.9. The van der Waals surface area contributed by atoms with Crippen LogP contribution in [-0.4, -0.2) is 12.6 Å². The standard InChI is InChI=1S/C20H27N/c1-2-21-20-14-5-3-4-10-18(20)15-17-12-8-11-16-9-6-7-13-19(16)17/h6-9,11-13,18,20-21H,2-5,10,14-15H2,1H3. The summed E-state index contributed by atoms with van der Waals surface area (Å²) < 4.78 is 0. The van der Waals surface area contributed by atoms with Crippen molar-refractivity contribution in [1.82, 2.24) is 5.32 Å². The predicted octanol–water partition coefficient (Wildman–Crippen LogP) is 4.94. The van der Waals surface area contributed by atoms with Crippen LogP contribution in [0.1, 0.15) is 44.6 Å². The van der Waals surface area contributed by atoms with Gasteiger partial charge in [0.1, 0.15) is 0 Å². The molecule has 3 rings (SSSR count). The van der Waals surface area contributed by atoms with Crippen LogP contribution in [0.4, 0.5) is 0 Å². The Morgan fingerprint density at radius 2 is 1.76 bits per heavy atom. The van der Waals surface area contributed by atoms with Crippen molar-refractivity contribution < 1.29 is 0 Å². The average molecular weight is 281 g/mol. The third-order valence-electron chi connectivity index (χ3n) is 4.99. The van der Waals surface area contributed by atoms with E-state index in [0.717, 1.165) is 12.5 Å². The fourth-order valence-electron chi connectivity index (χ4n) is 3.91. The Morgan fingerprint density at radius 1 is 0.952 bits per heavy atom. The predicted molar refractivity (Wildman–Crippen MR) is 91.7 cm³/mol. The molecule has 2 aromatic carbocycles. The smallest absolute Gasteiger partial charge is 0.00983 e. The minimum atomic E-state index is 0.705. The Morgan fingerprint density at radius 3 is 2.67 bits per heavy atom. The van der Waals surface area contributed by atoms with Crippen molar-refractivity contribution in [3.8, 4) is 0 Å². The van der Waals surface area contributed by atoms with E-state index in [4.69, 9.17) is 0 Å². The van der Waals surface area contributed by atoms with Gasteiger partial charge in [-0.3, -0.25) is 0 Å². The first-order valence-electron chi connectivity index (χ1n) is 8.58. The summed E-state index contributed by atoms with van der Waals surface area (Å²) >= 11 is 0. The molecular weight excluding hydrogens is 254 g/mol. The van der Waals surface area contributed by atoms with Gasteiger partial charge in [-0.2, -0.15) is 0 Å². The van der Waals surface area contributed by atoms with Gasteiger partial charge in [0.05, 0.1) is 0 Å². The summed E-state index contributed by atoms with van der Waals surface area (Å²) in [5.74, 6) is 0.790. The molecule has 0 amide bonds. The van der Waals surface area contributed by atoms with Gasteiger partial charge in [0.2, 0.25) is 0 Å². The van der Waals surface area contributed by atoms with Gasteiger partial charge in [-0.1, -0.05) is 68.7 Å². The van der Waals surface area contributed by atoms with Crippen LogP contribution in [0.3, 0.4) is 0 Å². The van der Waals surface area contributed by atoms with E-state index in [0.29, 0.717) is 6.04 Å². The molecule has 0 spiro atoms. The van der Waals surface area contributed by atoms with E-state index >= 15 is 0 Å². The molecule has 1 saturated carbocycles. The van der Waals surface area contributed by atoms with Crippen molar-refractivity contribution in [3.63, 3.8) is 0 Å². The summed E-state index contributed by atoms with van der Waals surface area (Å²) in [5.41, 5.74) is 1.53. The van der Waals surface area contributed by atoms with E-state index in [9.17, 15) is 0 Å². The minimum absolute atomic E-state index is 0.705. The zero-order chi connectivity index (χ0) is 14.5. The molecular formula is C20H27N. The summed E-state index contributed by atoms with van der Waals surface area (Å²) in [6.07, 6.45) is 8.15. The molecule has 0 radical (unpaired) electrons. The van der Waals surface area contributed by atoms with E-state index in [-0.39, 0.29) is 0 Å². The molecule has 1 nitrogen and oxygen atoms in total. The zero-order valence-electron chi connectivity index (χ0n) is 13.1. The van der Waals surface area contributed by atoms with Gasteiger partial charge in [0, 0.05) is 6.04 Å². The Hall–Kier alpha value is -1.34. The first kappa shape index (κ1) is 14.6. The van der Waals surface area contributed by atoms with Gasteiger partial charge in [0.15, 0.2) is 0 Å². The van der Waals surface area contributed by atoms with Gasteiger partial charge >= 0.3 is 0 Å². The molecule has 0 bridgehead atoms. The van der Waals surface area contributed by atoms with Gasteiger partial charge in [-0.15, -0.1) is 0 Å². The van der Waals surface area contributed by atoms with Crippen LogP contribution < -0.4 is 5.32 Å². The Balaban J connectivity index is 1.85. The van der Waals surface area contributed by atoms with Gasteiger partial charge in [-0.25, -0.2) is 0 Å². The van der Waals surface area contributed by atoms with Gasteiger partial charge in [0.25, 0.3) is 0 Å². The number of hydrogen-bond donors (Lipinski definition) is 1. The van der Waals surface area contributed by atoms with E-state index in [1.54, 1.807) is 0 Å². The third-order valence-corrected chi connectivity index (χ3v) is 4.99. The molecule has 112 valence electrons. The molecule has 1 aliphatic rings. The maximum absolute atomic E-state index is 3.74. The molecule has 0 saturated heterocycles. The Labute approximate surface area is 128 Å². The second kappa shape index (κ2) is 7.09. The van der Waals surface area contributed by atoms with Crippen molar-refractivity contribution in [3.05, 3.63) is 48.0 Å². The number of rotatable bonds is 4. The monoisotopic (exact) mass is 281 g/mol. The quantitative estimate of drug-likeness (QED) is 0.783. The van der Waals surface area contributed by atoms with Crippen molar-refractivity contribution in [2.24, 2.45) is 5.92 Å². The summed E-state index contributed by atoms with van der Waals surface area (Å²) in [6, 6.07) is 16.3. The van der Waals surface area contributed by atoms with Crippen molar-refractivity contribution in [2.75, 3.05) is 6.54 Å². The lowest BCUT2D eigenvalue weighted by molar-refractivity contribution is 0.338. The van der Waals surface area contributed by atoms with Crippen LogP contribution in [0.25, 0.3) is 10.8 Å².